The van der Waals surface area contributed by atoms with Crippen LogP contribution in [0, 0.1) is 0 Å². The highest BCUT2D eigenvalue weighted by Crippen LogP contribution is 2.38. The van der Waals surface area contributed by atoms with E-state index >= 15 is 0 Å². The Kier molecular flexibility index (Phi) is 3.40. The van der Waals surface area contributed by atoms with Gasteiger partial charge in [0.1, 0.15) is 0 Å². The Morgan fingerprint density at radius 3 is 2.50 bits per heavy atom. The molecular weight excluding hydrogens is 247 g/mol. The van der Waals surface area contributed by atoms with Crippen molar-refractivity contribution in [1.82, 2.24) is 0 Å². The molecule has 0 atom stereocenters. The molecule has 2 nitrogen and oxygen atoms in total. The predicted molar refractivity (Wildman–Crippen MR) is 83.3 cm³/mol. The van der Waals surface area contributed by atoms with Gasteiger partial charge in [-0.25, -0.2) is 0 Å². The standard InChI is InChI=1S/C17H19BO2/c1-3-11-10-16(18(19)20)17-14-8-6-5-7-12(14)9-15(17)13(11)4-2/h5-8,10,19-20H,3-4,9H2,1-2H3. The van der Waals surface area contributed by atoms with Gasteiger partial charge in [-0.05, 0) is 58.1 Å². The van der Waals surface area contributed by atoms with E-state index in [0.29, 0.717) is 5.46 Å². The van der Waals surface area contributed by atoms with Gasteiger partial charge >= 0.3 is 7.12 Å². The molecule has 3 rings (SSSR count). The van der Waals surface area contributed by atoms with Crippen molar-refractivity contribution in [2.45, 2.75) is 33.1 Å². The van der Waals surface area contributed by atoms with Crippen molar-refractivity contribution in [3.63, 3.8) is 0 Å². The third kappa shape index (κ3) is 1.89. The van der Waals surface area contributed by atoms with Crippen molar-refractivity contribution in [3.8, 4) is 11.1 Å². The SMILES string of the molecule is CCc1cc(B(O)O)c2c(c1CC)Cc1ccccc1-2. The molecule has 1 aliphatic rings. The third-order valence-electron chi connectivity index (χ3n) is 4.34. The van der Waals surface area contributed by atoms with Crippen LogP contribution >= 0.6 is 0 Å². The van der Waals surface area contributed by atoms with Crippen LogP contribution in [0.25, 0.3) is 11.1 Å². The Hall–Kier alpha value is -1.58. The molecule has 0 spiro atoms. The molecule has 1 aliphatic carbocycles. The molecule has 0 saturated heterocycles. The largest absolute Gasteiger partial charge is 0.489 e. The summed E-state index contributed by atoms with van der Waals surface area (Å²) in [5, 5.41) is 19.5. The van der Waals surface area contributed by atoms with Crippen molar-refractivity contribution in [1.29, 1.82) is 0 Å². The number of hydrogen-bond acceptors (Lipinski definition) is 2. The van der Waals surface area contributed by atoms with Crippen LogP contribution in [0.4, 0.5) is 0 Å². The van der Waals surface area contributed by atoms with Gasteiger partial charge in [0.05, 0.1) is 0 Å². The molecule has 0 bridgehead atoms. The topological polar surface area (TPSA) is 40.5 Å². The molecule has 2 N–H and O–H groups in total. The maximum Gasteiger partial charge on any atom is 0.489 e. The van der Waals surface area contributed by atoms with Crippen molar-refractivity contribution in [2.24, 2.45) is 0 Å². The first-order valence-corrected chi connectivity index (χ1v) is 7.29. The fourth-order valence-electron chi connectivity index (χ4n) is 3.45. The summed E-state index contributed by atoms with van der Waals surface area (Å²) in [6, 6.07) is 10.3. The molecule has 0 heterocycles. The molecule has 0 unspecified atom stereocenters. The third-order valence-corrected chi connectivity index (χ3v) is 4.34. The maximum absolute atomic E-state index is 9.75. The van der Waals surface area contributed by atoms with E-state index in [0.717, 1.165) is 30.4 Å². The number of aryl methyl sites for hydroxylation is 1. The number of benzene rings is 2. The summed E-state index contributed by atoms with van der Waals surface area (Å²) < 4.78 is 0. The molecule has 2 aromatic rings. The van der Waals surface area contributed by atoms with Crippen LogP contribution in [-0.2, 0) is 19.3 Å². The second-order valence-corrected chi connectivity index (χ2v) is 5.37. The summed E-state index contributed by atoms with van der Waals surface area (Å²) in [7, 11) is -1.41. The molecule has 0 radical (unpaired) electrons. The zero-order valence-electron chi connectivity index (χ0n) is 12.0. The van der Waals surface area contributed by atoms with Gasteiger partial charge in [-0.3, -0.25) is 0 Å². The van der Waals surface area contributed by atoms with Gasteiger partial charge in [-0.2, -0.15) is 0 Å². The van der Waals surface area contributed by atoms with Crippen LogP contribution in [-0.4, -0.2) is 17.2 Å². The first-order chi connectivity index (χ1) is 9.67. The van der Waals surface area contributed by atoms with Crippen molar-refractivity contribution < 1.29 is 10.0 Å². The van der Waals surface area contributed by atoms with Crippen LogP contribution < -0.4 is 5.46 Å². The van der Waals surface area contributed by atoms with Crippen LogP contribution in [0.1, 0.15) is 36.1 Å². The van der Waals surface area contributed by atoms with Gasteiger partial charge in [0.25, 0.3) is 0 Å². The fourth-order valence-corrected chi connectivity index (χ4v) is 3.45. The first-order valence-electron chi connectivity index (χ1n) is 7.29. The Bertz CT molecular complexity index is 662. The Morgan fingerprint density at radius 1 is 1.10 bits per heavy atom. The normalized spacial score (nSPS) is 12.2. The minimum absolute atomic E-state index is 0.652. The average molecular weight is 266 g/mol. The monoisotopic (exact) mass is 266 g/mol. The Labute approximate surface area is 120 Å². The Morgan fingerprint density at radius 2 is 1.85 bits per heavy atom. The van der Waals surface area contributed by atoms with Crippen LogP contribution in [0.5, 0.6) is 0 Å². The molecule has 3 heteroatoms. The van der Waals surface area contributed by atoms with Crippen molar-refractivity contribution in [2.75, 3.05) is 0 Å². The molecule has 0 saturated carbocycles. The number of rotatable bonds is 3. The smallest absolute Gasteiger partial charge is 0.423 e. The molecule has 20 heavy (non-hydrogen) atoms. The minimum atomic E-state index is -1.41. The number of fused-ring (bicyclic) bond motifs is 3. The molecule has 0 fully saturated rings. The van der Waals surface area contributed by atoms with Gasteiger partial charge in [0, 0.05) is 0 Å². The number of hydrogen-bond donors (Lipinski definition) is 2. The van der Waals surface area contributed by atoms with Crippen LogP contribution in [0.2, 0.25) is 0 Å². The van der Waals surface area contributed by atoms with Gasteiger partial charge in [-0.1, -0.05) is 44.2 Å². The van der Waals surface area contributed by atoms with E-state index in [9.17, 15) is 10.0 Å². The van der Waals surface area contributed by atoms with E-state index in [4.69, 9.17) is 0 Å². The van der Waals surface area contributed by atoms with Crippen LogP contribution in [0.3, 0.4) is 0 Å². The zero-order chi connectivity index (χ0) is 14.3. The lowest BCUT2D eigenvalue weighted by molar-refractivity contribution is 0.426. The average Bonchev–Trinajstić information content (AvgIpc) is 2.84. The van der Waals surface area contributed by atoms with E-state index in [1.165, 1.54) is 22.3 Å². The van der Waals surface area contributed by atoms with Gasteiger partial charge in [0.2, 0.25) is 0 Å². The molecule has 102 valence electrons. The highest BCUT2D eigenvalue weighted by Gasteiger charge is 2.29. The summed E-state index contributed by atoms with van der Waals surface area (Å²) in [6.45, 7) is 4.29. The highest BCUT2D eigenvalue weighted by molar-refractivity contribution is 6.60. The van der Waals surface area contributed by atoms with Crippen molar-refractivity contribution in [3.05, 3.63) is 52.6 Å². The van der Waals surface area contributed by atoms with Gasteiger partial charge in [0.15, 0.2) is 0 Å². The van der Waals surface area contributed by atoms with E-state index < -0.39 is 7.12 Å². The molecule has 2 aromatic carbocycles. The Balaban J connectivity index is 2.34. The van der Waals surface area contributed by atoms with Crippen LogP contribution in [0.15, 0.2) is 30.3 Å². The minimum Gasteiger partial charge on any atom is -0.423 e. The predicted octanol–water partition coefficient (Wildman–Crippen LogP) is 2.06. The first kappa shape index (κ1) is 13.4. The second kappa shape index (κ2) is 5.08. The molecular formula is C17H19BO2. The lowest BCUT2D eigenvalue weighted by atomic mass is 9.72. The summed E-state index contributed by atoms with van der Waals surface area (Å²) in [6.07, 6.45) is 2.82. The highest BCUT2D eigenvalue weighted by atomic mass is 16.4. The maximum atomic E-state index is 9.75. The fraction of sp³-hybridized carbons (Fsp3) is 0.294. The lowest BCUT2D eigenvalue weighted by Gasteiger charge is -2.17. The summed E-state index contributed by atoms with van der Waals surface area (Å²) in [5.74, 6) is 0. The van der Waals surface area contributed by atoms with Gasteiger partial charge < -0.3 is 10.0 Å². The summed E-state index contributed by atoms with van der Waals surface area (Å²) >= 11 is 0. The van der Waals surface area contributed by atoms with E-state index in [1.54, 1.807) is 0 Å². The van der Waals surface area contributed by atoms with Crippen molar-refractivity contribution >= 4 is 12.6 Å². The molecule has 0 amide bonds. The zero-order valence-corrected chi connectivity index (χ0v) is 12.0. The molecule has 0 aliphatic heterocycles. The van der Waals surface area contributed by atoms with E-state index in [1.807, 2.05) is 18.2 Å². The lowest BCUT2D eigenvalue weighted by Crippen LogP contribution is -2.33. The molecule has 0 aromatic heterocycles. The second-order valence-electron chi connectivity index (χ2n) is 5.37. The van der Waals surface area contributed by atoms with E-state index in [-0.39, 0.29) is 0 Å². The van der Waals surface area contributed by atoms with Gasteiger partial charge in [-0.15, -0.1) is 0 Å². The quantitative estimate of drug-likeness (QED) is 0.712. The summed E-state index contributed by atoms with van der Waals surface area (Å²) in [4.78, 5) is 0. The van der Waals surface area contributed by atoms with E-state index in [2.05, 4.69) is 26.0 Å². The summed E-state index contributed by atoms with van der Waals surface area (Å²) in [5.41, 5.74) is 8.04.